The molecule has 0 spiro atoms. The van der Waals surface area contributed by atoms with E-state index in [0.717, 1.165) is 30.6 Å². The number of methoxy groups -OCH3 is 1. The third-order valence-corrected chi connectivity index (χ3v) is 6.16. The number of carbonyl (C=O) groups is 2. The molecular weight excluding hydrogens is 344 g/mol. The minimum absolute atomic E-state index is 0.0395. The van der Waals surface area contributed by atoms with Gasteiger partial charge in [0.25, 0.3) is 5.91 Å². The van der Waals surface area contributed by atoms with Crippen LogP contribution in [0, 0.1) is 0 Å². The lowest BCUT2D eigenvalue weighted by Crippen LogP contribution is -2.47. The molecule has 7 heteroatoms. The number of hydrogen-bond donors (Lipinski definition) is 2. The second-order valence-electron chi connectivity index (χ2n) is 6.11. The third kappa shape index (κ3) is 5.22. The molecule has 134 valence electrons. The van der Waals surface area contributed by atoms with Crippen LogP contribution < -0.4 is 10.6 Å². The third-order valence-electron chi connectivity index (χ3n) is 4.34. The Balaban J connectivity index is 1.89. The van der Waals surface area contributed by atoms with Crippen molar-refractivity contribution in [2.75, 3.05) is 13.4 Å². The number of nitrogens with one attached hydrogen (secondary N) is 2. The van der Waals surface area contributed by atoms with E-state index in [4.69, 9.17) is 4.74 Å². The van der Waals surface area contributed by atoms with Crippen LogP contribution in [0.3, 0.4) is 0 Å². The van der Waals surface area contributed by atoms with Gasteiger partial charge in [-0.15, -0.1) is 11.3 Å². The molecule has 1 aliphatic rings. The summed E-state index contributed by atoms with van der Waals surface area (Å²) in [5.41, 5.74) is 0.698. The second kappa shape index (κ2) is 9.44. The van der Waals surface area contributed by atoms with Gasteiger partial charge in [-0.3, -0.25) is 9.59 Å². The maximum absolute atomic E-state index is 12.5. The summed E-state index contributed by atoms with van der Waals surface area (Å²) in [6, 6.07) is 2.10. The summed E-state index contributed by atoms with van der Waals surface area (Å²) in [4.78, 5) is 25.5. The van der Waals surface area contributed by atoms with Crippen molar-refractivity contribution >= 4 is 34.9 Å². The van der Waals surface area contributed by atoms with Gasteiger partial charge in [-0.25, -0.2) is 0 Å². The van der Waals surface area contributed by atoms with Crippen molar-refractivity contribution in [2.45, 2.75) is 56.5 Å². The van der Waals surface area contributed by atoms with Crippen LogP contribution in [0.4, 0.5) is 0 Å². The molecule has 0 bridgehead atoms. The Bertz CT molecular complexity index is 562. The van der Waals surface area contributed by atoms with Gasteiger partial charge in [0.2, 0.25) is 5.91 Å². The predicted molar refractivity (Wildman–Crippen MR) is 99.7 cm³/mol. The molecule has 1 fully saturated rings. The summed E-state index contributed by atoms with van der Waals surface area (Å²) < 4.78 is 5.14. The molecule has 0 aliphatic heterocycles. The molecule has 1 aromatic rings. The van der Waals surface area contributed by atoms with Crippen LogP contribution in [-0.2, 0) is 16.1 Å². The molecule has 5 nitrogen and oxygen atoms in total. The number of rotatable bonds is 7. The van der Waals surface area contributed by atoms with Crippen molar-refractivity contribution in [2.24, 2.45) is 0 Å². The fourth-order valence-corrected chi connectivity index (χ4v) is 4.05. The molecule has 2 N–H and O–H groups in total. The molecule has 1 aromatic heterocycles. The maximum atomic E-state index is 12.5. The van der Waals surface area contributed by atoms with Crippen molar-refractivity contribution in [3.63, 3.8) is 0 Å². The highest BCUT2D eigenvalue weighted by molar-refractivity contribution is 7.99. The van der Waals surface area contributed by atoms with Gasteiger partial charge < -0.3 is 15.4 Å². The summed E-state index contributed by atoms with van der Waals surface area (Å²) in [6.07, 6.45) is 5.68. The minimum atomic E-state index is -0.0437. The van der Waals surface area contributed by atoms with Crippen molar-refractivity contribution in [3.05, 3.63) is 21.9 Å². The molecule has 2 amide bonds. The van der Waals surface area contributed by atoms with Crippen molar-refractivity contribution in [1.82, 2.24) is 10.6 Å². The Morgan fingerprint density at radius 2 is 2.08 bits per heavy atom. The number of carbonyl (C=O) groups excluding carboxylic acids is 2. The van der Waals surface area contributed by atoms with E-state index in [1.54, 1.807) is 18.9 Å². The Morgan fingerprint density at radius 3 is 2.75 bits per heavy atom. The van der Waals surface area contributed by atoms with Crippen molar-refractivity contribution < 1.29 is 14.3 Å². The summed E-state index contributed by atoms with van der Waals surface area (Å²) in [7, 11) is 1.63. The quantitative estimate of drug-likeness (QED) is 0.774. The zero-order valence-corrected chi connectivity index (χ0v) is 16.1. The van der Waals surface area contributed by atoms with Gasteiger partial charge in [0.1, 0.15) is 0 Å². The Kier molecular flexibility index (Phi) is 7.58. The highest BCUT2D eigenvalue weighted by atomic mass is 32.2. The summed E-state index contributed by atoms with van der Waals surface area (Å²) in [6.45, 7) is 2.37. The lowest BCUT2D eigenvalue weighted by molar-refractivity contribution is -0.121. The van der Waals surface area contributed by atoms with E-state index in [0.29, 0.717) is 12.2 Å². The van der Waals surface area contributed by atoms with Crippen LogP contribution >= 0.6 is 23.1 Å². The lowest BCUT2D eigenvalue weighted by atomic mass is 9.90. The molecule has 3 unspecified atom stereocenters. The molecule has 3 atom stereocenters. The number of hydrogen-bond acceptors (Lipinski definition) is 5. The molecule has 1 heterocycles. The van der Waals surface area contributed by atoms with Crippen LogP contribution in [0.2, 0.25) is 0 Å². The molecule has 0 saturated heterocycles. The fraction of sp³-hybridized carbons (Fsp3) is 0.647. The first-order valence-corrected chi connectivity index (χ1v) is 10.4. The maximum Gasteiger partial charge on any atom is 0.252 e. The van der Waals surface area contributed by atoms with Gasteiger partial charge >= 0.3 is 0 Å². The monoisotopic (exact) mass is 370 g/mol. The largest absolute Gasteiger partial charge is 0.379 e. The fourth-order valence-electron chi connectivity index (χ4n) is 2.93. The first-order chi connectivity index (χ1) is 11.5. The molecule has 0 aromatic carbocycles. The number of amides is 2. The minimum Gasteiger partial charge on any atom is -0.379 e. The van der Waals surface area contributed by atoms with Crippen LogP contribution in [0.5, 0.6) is 0 Å². The summed E-state index contributed by atoms with van der Waals surface area (Å²) in [5, 5.41) is 8.11. The van der Waals surface area contributed by atoms with Gasteiger partial charge in [0, 0.05) is 24.1 Å². The average Bonchev–Trinajstić information content (AvgIpc) is 3.03. The van der Waals surface area contributed by atoms with Gasteiger partial charge in [-0.1, -0.05) is 0 Å². The standard InChI is InChI=1S/C17H26N2O3S2/c1-11(23-3)16(20)18-12-5-4-6-13(9-12)19-17(21)14-7-8-24-15(14)10-22-2/h7-8,11-13H,4-6,9-10H2,1-3H3,(H,18,20)(H,19,21). The van der Waals surface area contributed by atoms with Gasteiger partial charge in [0.15, 0.2) is 0 Å². The summed E-state index contributed by atoms with van der Waals surface area (Å²) >= 11 is 3.08. The van der Waals surface area contributed by atoms with E-state index in [1.165, 1.54) is 11.3 Å². The first-order valence-electron chi connectivity index (χ1n) is 8.24. The Labute approximate surface area is 151 Å². The van der Waals surface area contributed by atoms with Crippen molar-refractivity contribution in [3.8, 4) is 0 Å². The number of ether oxygens (including phenoxy) is 1. The zero-order chi connectivity index (χ0) is 17.5. The Morgan fingerprint density at radius 1 is 1.38 bits per heavy atom. The highest BCUT2D eigenvalue weighted by Crippen LogP contribution is 2.22. The van der Waals surface area contributed by atoms with Crippen LogP contribution in [-0.4, -0.2) is 42.5 Å². The molecular formula is C17H26N2O3S2. The topological polar surface area (TPSA) is 67.4 Å². The predicted octanol–water partition coefficient (Wildman–Crippen LogP) is 2.80. The Hall–Kier alpha value is -1.05. The van der Waals surface area contributed by atoms with E-state index < -0.39 is 0 Å². The SMILES string of the molecule is COCc1sccc1C(=O)NC1CCCC(NC(=O)C(C)SC)C1. The molecule has 1 aliphatic carbocycles. The van der Waals surface area contributed by atoms with Gasteiger partial charge in [-0.05, 0) is 50.3 Å². The van der Waals surface area contributed by atoms with E-state index in [1.807, 2.05) is 24.6 Å². The molecule has 1 saturated carbocycles. The first kappa shape index (κ1) is 19.3. The van der Waals surface area contributed by atoms with Gasteiger partial charge in [-0.2, -0.15) is 11.8 Å². The zero-order valence-electron chi connectivity index (χ0n) is 14.5. The van der Waals surface area contributed by atoms with E-state index in [2.05, 4.69) is 10.6 Å². The van der Waals surface area contributed by atoms with Crippen LogP contribution in [0.1, 0.15) is 47.8 Å². The summed E-state index contributed by atoms with van der Waals surface area (Å²) in [5.74, 6) is 0.0393. The van der Waals surface area contributed by atoms with E-state index >= 15 is 0 Å². The smallest absolute Gasteiger partial charge is 0.252 e. The van der Waals surface area contributed by atoms with E-state index in [9.17, 15) is 9.59 Å². The van der Waals surface area contributed by atoms with E-state index in [-0.39, 0.29) is 29.1 Å². The average molecular weight is 371 g/mol. The number of thioether (sulfide) groups is 1. The molecule has 0 radical (unpaired) electrons. The van der Waals surface area contributed by atoms with Crippen LogP contribution in [0.15, 0.2) is 11.4 Å². The molecule has 24 heavy (non-hydrogen) atoms. The lowest BCUT2D eigenvalue weighted by Gasteiger charge is -2.31. The molecule has 2 rings (SSSR count). The highest BCUT2D eigenvalue weighted by Gasteiger charge is 2.26. The van der Waals surface area contributed by atoms with Gasteiger partial charge in [0.05, 0.1) is 17.4 Å². The normalized spacial score (nSPS) is 22.0. The van der Waals surface area contributed by atoms with Crippen molar-refractivity contribution in [1.29, 1.82) is 0 Å². The second-order valence-corrected chi connectivity index (χ2v) is 8.29. The number of thiophene rings is 1. The van der Waals surface area contributed by atoms with Crippen LogP contribution in [0.25, 0.3) is 0 Å².